The standard InChI is InChI=1S/C26H32N4O3/c1-18(16-29-24(31)8-11-27)15-25(32)30-14-4-6-22(30)26(19-9-12-28-13-10-19)21-17-33-23-7-3-2-5-20(21)23/h2-3,5,7,9-10,12-13,17-18,22,26H,4,6,8,11,14-16,27H2,1H3,(H,29,31). The predicted molar refractivity (Wildman–Crippen MR) is 127 cm³/mol. The number of pyridine rings is 1. The predicted octanol–water partition coefficient (Wildman–Crippen LogP) is 3.44. The van der Waals surface area contributed by atoms with Crippen molar-refractivity contribution in [2.45, 2.75) is 44.6 Å². The van der Waals surface area contributed by atoms with Gasteiger partial charge in [0.05, 0.1) is 6.26 Å². The van der Waals surface area contributed by atoms with Crippen molar-refractivity contribution in [3.8, 4) is 0 Å². The number of nitrogens with one attached hydrogen (secondary N) is 1. The number of hydrogen-bond donors (Lipinski definition) is 2. The van der Waals surface area contributed by atoms with Gasteiger partial charge in [-0.05, 0) is 42.5 Å². The molecular formula is C26H32N4O3. The second-order valence-electron chi connectivity index (χ2n) is 8.89. The van der Waals surface area contributed by atoms with E-state index in [0.29, 0.717) is 25.9 Å². The Morgan fingerprint density at radius 2 is 2.03 bits per heavy atom. The normalized spacial score (nSPS) is 17.8. The van der Waals surface area contributed by atoms with Crippen molar-refractivity contribution in [1.82, 2.24) is 15.2 Å². The molecule has 7 heteroatoms. The van der Waals surface area contributed by atoms with Crippen LogP contribution in [-0.2, 0) is 9.59 Å². The number of nitrogens with zero attached hydrogens (tertiary/aromatic N) is 2. The number of furan rings is 1. The quantitative estimate of drug-likeness (QED) is 0.522. The number of carbonyl (C=O) groups is 2. The fourth-order valence-corrected chi connectivity index (χ4v) is 4.86. The van der Waals surface area contributed by atoms with Crippen LogP contribution in [0.5, 0.6) is 0 Å². The maximum atomic E-state index is 13.4. The minimum Gasteiger partial charge on any atom is -0.464 e. The van der Waals surface area contributed by atoms with Crippen molar-refractivity contribution in [1.29, 1.82) is 0 Å². The molecule has 0 bridgehead atoms. The minimum atomic E-state index is -0.0690. The minimum absolute atomic E-state index is 0.00247. The average Bonchev–Trinajstić information content (AvgIpc) is 3.47. The van der Waals surface area contributed by atoms with Gasteiger partial charge in [0.25, 0.3) is 0 Å². The molecule has 2 aromatic heterocycles. The summed E-state index contributed by atoms with van der Waals surface area (Å²) < 4.78 is 5.88. The zero-order valence-corrected chi connectivity index (χ0v) is 19.1. The van der Waals surface area contributed by atoms with Crippen molar-refractivity contribution in [3.05, 3.63) is 66.2 Å². The Bertz CT molecular complexity index is 1080. The van der Waals surface area contributed by atoms with Crippen LogP contribution in [0.15, 0.2) is 59.5 Å². The Kier molecular flexibility index (Phi) is 7.40. The molecule has 33 heavy (non-hydrogen) atoms. The molecule has 0 aliphatic carbocycles. The second kappa shape index (κ2) is 10.6. The van der Waals surface area contributed by atoms with E-state index in [1.165, 1.54) is 0 Å². The van der Waals surface area contributed by atoms with Crippen molar-refractivity contribution in [2.24, 2.45) is 11.7 Å². The molecule has 0 radical (unpaired) electrons. The number of para-hydroxylation sites is 1. The monoisotopic (exact) mass is 448 g/mol. The third-order valence-electron chi connectivity index (χ3n) is 6.46. The lowest BCUT2D eigenvalue weighted by molar-refractivity contribution is -0.133. The molecule has 1 aromatic carbocycles. The lowest BCUT2D eigenvalue weighted by atomic mass is 9.84. The molecule has 7 nitrogen and oxygen atoms in total. The van der Waals surface area contributed by atoms with Gasteiger partial charge in [-0.2, -0.15) is 0 Å². The number of likely N-dealkylation sites (tertiary alicyclic amines) is 1. The van der Waals surface area contributed by atoms with Crippen LogP contribution in [0.1, 0.15) is 49.7 Å². The summed E-state index contributed by atoms with van der Waals surface area (Å²) in [6, 6.07) is 12.1. The smallest absolute Gasteiger partial charge is 0.223 e. The van der Waals surface area contributed by atoms with Crippen LogP contribution in [0.3, 0.4) is 0 Å². The van der Waals surface area contributed by atoms with Crippen molar-refractivity contribution in [2.75, 3.05) is 19.6 Å². The fraction of sp³-hybridized carbons (Fsp3) is 0.423. The third kappa shape index (κ3) is 5.25. The summed E-state index contributed by atoms with van der Waals surface area (Å²) in [4.78, 5) is 31.3. The average molecular weight is 449 g/mol. The van der Waals surface area contributed by atoms with Gasteiger partial charge in [0, 0.05) is 67.8 Å². The highest BCUT2D eigenvalue weighted by Crippen LogP contribution is 2.40. The van der Waals surface area contributed by atoms with Gasteiger partial charge in [0.2, 0.25) is 11.8 Å². The van der Waals surface area contributed by atoms with Crippen LogP contribution in [0.4, 0.5) is 0 Å². The lowest BCUT2D eigenvalue weighted by Crippen LogP contribution is -2.41. The molecule has 3 unspecified atom stereocenters. The maximum absolute atomic E-state index is 13.4. The van der Waals surface area contributed by atoms with Gasteiger partial charge < -0.3 is 20.4 Å². The molecule has 0 spiro atoms. The van der Waals surface area contributed by atoms with Crippen LogP contribution in [0, 0.1) is 5.92 Å². The molecule has 174 valence electrons. The molecule has 1 fully saturated rings. The Morgan fingerprint density at radius 3 is 2.82 bits per heavy atom. The van der Waals surface area contributed by atoms with Gasteiger partial charge in [-0.3, -0.25) is 14.6 Å². The topological polar surface area (TPSA) is 101 Å². The van der Waals surface area contributed by atoms with E-state index in [9.17, 15) is 9.59 Å². The first kappa shape index (κ1) is 23.0. The van der Waals surface area contributed by atoms with E-state index < -0.39 is 0 Å². The Labute approximate surface area is 194 Å². The number of nitrogens with two attached hydrogens (primary N) is 1. The lowest BCUT2D eigenvalue weighted by Gasteiger charge is -2.32. The van der Waals surface area contributed by atoms with Crippen LogP contribution in [0.2, 0.25) is 0 Å². The summed E-state index contributed by atoms with van der Waals surface area (Å²) in [7, 11) is 0. The van der Waals surface area contributed by atoms with E-state index in [2.05, 4.69) is 16.4 Å². The highest BCUT2D eigenvalue weighted by molar-refractivity contribution is 5.83. The summed E-state index contributed by atoms with van der Waals surface area (Å²) in [6.45, 7) is 3.54. The van der Waals surface area contributed by atoms with Crippen molar-refractivity contribution in [3.63, 3.8) is 0 Å². The molecule has 1 aliphatic rings. The molecule has 3 atom stereocenters. The van der Waals surface area contributed by atoms with Crippen LogP contribution < -0.4 is 11.1 Å². The molecule has 3 N–H and O–H groups in total. The molecule has 4 rings (SSSR count). The highest BCUT2D eigenvalue weighted by atomic mass is 16.3. The Balaban J connectivity index is 1.56. The number of hydrogen-bond acceptors (Lipinski definition) is 5. The number of fused-ring (bicyclic) bond motifs is 1. The number of amides is 2. The number of carbonyl (C=O) groups excluding carboxylic acids is 2. The first-order valence-corrected chi connectivity index (χ1v) is 11.7. The van der Waals surface area contributed by atoms with E-state index >= 15 is 0 Å². The van der Waals surface area contributed by atoms with Gasteiger partial charge in [-0.15, -0.1) is 0 Å². The number of benzene rings is 1. The zero-order valence-electron chi connectivity index (χ0n) is 19.1. The SMILES string of the molecule is CC(CNC(=O)CCN)CC(=O)N1CCCC1C(c1ccncc1)c1coc2ccccc12. The van der Waals surface area contributed by atoms with Crippen LogP contribution in [0.25, 0.3) is 11.0 Å². The third-order valence-corrected chi connectivity index (χ3v) is 6.46. The van der Waals surface area contributed by atoms with Gasteiger partial charge in [0.15, 0.2) is 0 Å². The summed E-state index contributed by atoms with van der Waals surface area (Å²) in [5, 5.41) is 3.95. The molecule has 1 saturated heterocycles. The number of aromatic nitrogens is 1. The van der Waals surface area contributed by atoms with Crippen molar-refractivity contribution >= 4 is 22.8 Å². The molecule has 3 aromatic rings. The highest BCUT2D eigenvalue weighted by Gasteiger charge is 2.37. The van der Waals surface area contributed by atoms with Gasteiger partial charge >= 0.3 is 0 Å². The Hall–Kier alpha value is -3.19. The fourth-order valence-electron chi connectivity index (χ4n) is 4.86. The van der Waals surface area contributed by atoms with Gasteiger partial charge in [-0.25, -0.2) is 0 Å². The molecule has 3 heterocycles. The summed E-state index contributed by atoms with van der Waals surface area (Å²) >= 11 is 0. The Morgan fingerprint density at radius 1 is 1.24 bits per heavy atom. The summed E-state index contributed by atoms with van der Waals surface area (Å²) in [5.74, 6) is 0.114. The molecular weight excluding hydrogens is 416 g/mol. The number of rotatable bonds is 9. The van der Waals surface area contributed by atoms with E-state index in [1.54, 1.807) is 12.4 Å². The molecule has 1 aliphatic heterocycles. The summed E-state index contributed by atoms with van der Waals surface area (Å²) in [6.07, 6.45) is 8.05. The summed E-state index contributed by atoms with van der Waals surface area (Å²) in [5.41, 5.74) is 8.51. The first-order chi connectivity index (χ1) is 16.1. The van der Waals surface area contributed by atoms with E-state index in [1.807, 2.05) is 48.4 Å². The molecule has 0 saturated carbocycles. The van der Waals surface area contributed by atoms with E-state index in [-0.39, 0.29) is 29.7 Å². The molecule has 2 amide bonds. The van der Waals surface area contributed by atoms with E-state index in [0.717, 1.165) is 41.5 Å². The van der Waals surface area contributed by atoms with Crippen LogP contribution >= 0.6 is 0 Å². The van der Waals surface area contributed by atoms with Crippen molar-refractivity contribution < 1.29 is 14.0 Å². The second-order valence-corrected chi connectivity index (χ2v) is 8.89. The largest absolute Gasteiger partial charge is 0.464 e. The first-order valence-electron chi connectivity index (χ1n) is 11.7. The zero-order chi connectivity index (χ0) is 23.2. The van der Waals surface area contributed by atoms with Gasteiger partial charge in [0.1, 0.15) is 5.58 Å². The van der Waals surface area contributed by atoms with Gasteiger partial charge in [-0.1, -0.05) is 25.1 Å². The maximum Gasteiger partial charge on any atom is 0.223 e. The van der Waals surface area contributed by atoms with E-state index in [4.69, 9.17) is 10.2 Å². The van der Waals surface area contributed by atoms with Crippen LogP contribution in [-0.4, -0.2) is 47.4 Å².